The molecule has 1 fully saturated rings. The van der Waals surface area contributed by atoms with Crippen LogP contribution in [0.2, 0.25) is 0 Å². The summed E-state index contributed by atoms with van der Waals surface area (Å²) in [7, 11) is 0. The Morgan fingerprint density at radius 1 is 1.44 bits per heavy atom. The van der Waals surface area contributed by atoms with Crippen LogP contribution in [0.3, 0.4) is 0 Å². The van der Waals surface area contributed by atoms with Crippen LogP contribution in [0.4, 0.5) is 0 Å². The van der Waals surface area contributed by atoms with Crippen molar-refractivity contribution in [1.29, 1.82) is 0 Å². The summed E-state index contributed by atoms with van der Waals surface area (Å²) in [6, 6.07) is -0.0723. The van der Waals surface area contributed by atoms with E-state index in [0.29, 0.717) is 6.54 Å². The summed E-state index contributed by atoms with van der Waals surface area (Å²) in [5.41, 5.74) is 5.28. The number of amides is 2. The van der Waals surface area contributed by atoms with Gasteiger partial charge in [-0.3, -0.25) is 14.5 Å². The fourth-order valence-corrected chi connectivity index (χ4v) is 2.37. The van der Waals surface area contributed by atoms with Gasteiger partial charge in [0.2, 0.25) is 11.8 Å². The first-order valence-corrected chi connectivity index (χ1v) is 6.58. The number of carbonyl (C=O) groups excluding carboxylic acids is 2. The Kier molecular flexibility index (Phi) is 6.07. The number of hydrogen-bond acceptors (Lipinski definition) is 4. The predicted octanol–water partition coefficient (Wildman–Crippen LogP) is -0.950. The minimum atomic E-state index is -0.385. The highest BCUT2D eigenvalue weighted by Crippen LogP contribution is 2.15. The lowest BCUT2D eigenvalue weighted by Gasteiger charge is -2.37. The first-order valence-electron chi connectivity index (χ1n) is 6.58. The highest BCUT2D eigenvalue weighted by Gasteiger charge is 2.29. The first kappa shape index (κ1) is 14.9. The Hall–Kier alpha value is -1.14. The van der Waals surface area contributed by atoms with Gasteiger partial charge >= 0.3 is 0 Å². The fraction of sp³-hybridized carbons (Fsp3) is 0.833. The van der Waals surface area contributed by atoms with Crippen molar-refractivity contribution in [2.24, 2.45) is 5.73 Å². The average molecular weight is 256 g/mol. The van der Waals surface area contributed by atoms with Crippen LogP contribution in [-0.2, 0) is 9.59 Å². The van der Waals surface area contributed by atoms with Crippen LogP contribution in [0.25, 0.3) is 0 Å². The molecule has 0 radical (unpaired) electrons. The number of nitrogens with two attached hydrogens (primary N) is 1. The number of primary amides is 1. The summed E-state index contributed by atoms with van der Waals surface area (Å²) in [5, 5.41) is 6.06. The van der Waals surface area contributed by atoms with Gasteiger partial charge in [0.05, 0.1) is 12.6 Å². The van der Waals surface area contributed by atoms with E-state index < -0.39 is 0 Å². The van der Waals surface area contributed by atoms with E-state index in [2.05, 4.69) is 10.6 Å². The summed E-state index contributed by atoms with van der Waals surface area (Å²) in [4.78, 5) is 25.0. The second-order valence-electron chi connectivity index (χ2n) is 4.69. The van der Waals surface area contributed by atoms with Crippen LogP contribution in [0.15, 0.2) is 0 Å². The molecule has 18 heavy (non-hydrogen) atoms. The van der Waals surface area contributed by atoms with Gasteiger partial charge in [0.1, 0.15) is 0 Å². The second-order valence-corrected chi connectivity index (χ2v) is 4.69. The van der Waals surface area contributed by atoms with Crippen LogP contribution in [0, 0.1) is 0 Å². The number of carbonyl (C=O) groups is 2. The quantitative estimate of drug-likeness (QED) is 0.572. The molecular formula is C12H24N4O2. The normalized spacial score (nSPS) is 18.6. The third kappa shape index (κ3) is 4.27. The molecule has 6 nitrogen and oxygen atoms in total. The van der Waals surface area contributed by atoms with Gasteiger partial charge in [0, 0.05) is 12.6 Å². The van der Waals surface area contributed by atoms with Crippen molar-refractivity contribution in [1.82, 2.24) is 15.5 Å². The zero-order chi connectivity index (χ0) is 13.5. The standard InChI is InChI=1S/C12H24N4O2/c1-3-15-12(18)9(2)16(8-11(13)17)10-4-6-14-7-5-10/h9-10,14H,3-8H2,1-2H3,(H2,13,17)(H,15,18). The average Bonchev–Trinajstić information content (AvgIpc) is 2.36. The van der Waals surface area contributed by atoms with Gasteiger partial charge in [-0.15, -0.1) is 0 Å². The molecule has 1 heterocycles. The third-order valence-corrected chi connectivity index (χ3v) is 3.34. The van der Waals surface area contributed by atoms with Gasteiger partial charge in [-0.1, -0.05) is 0 Å². The number of nitrogens with one attached hydrogen (secondary N) is 2. The molecule has 0 spiro atoms. The Bertz CT molecular complexity index is 290. The summed E-state index contributed by atoms with van der Waals surface area (Å²) < 4.78 is 0. The maximum atomic E-state index is 11.9. The Morgan fingerprint density at radius 3 is 2.56 bits per heavy atom. The van der Waals surface area contributed by atoms with Gasteiger partial charge in [-0.05, 0) is 39.8 Å². The molecule has 0 aromatic heterocycles. The maximum Gasteiger partial charge on any atom is 0.237 e. The van der Waals surface area contributed by atoms with E-state index in [1.165, 1.54) is 0 Å². The zero-order valence-corrected chi connectivity index (χ0v) is 11.2. The van der Waals surface area contributed by atoms with Crippen LogP contribution >= 0.6 is 0 Å². The van der Waals surface area contributed by atoms with Gasteiger partial charge < -0.3 is 16.4 Å². The fourth-order valence-electron chi connectivity index (χ4n) is 2.37. The lowest BCUT2D eigenvalue weighted by Crippen LogP contribution is -2.54. The third-order valence-electron chi connectivity index (χ3n) is 3.34. The lowest BCUT2D eigenvalue weighted by atomic mass is 10.0. The molecular weight excluding hydrogens is 232 g/mol. The molecule has 1 rings (SSSR count). The molecule has 1 aliphatic heterocycles. The molecule has 2 amide bonds. The number of likely N-dealkylation sites (N-methyl/N-ethyl adjacent to an activating group) is 1. The van der Waals surface area contributed by atoms with E-state index >= 15 is 0 Å². The largest absolute Gasteiger partial charge is 0.369 e. The summed E-state index contributed by atoms with van der Waals surface area (Å²) in [6.07, 6.45) is 1.88. The summed E-state index contributed by atoms with van der Waals surface area (Å²) >= 11 is 0. The predicted molar refractivity (Wildman–Crippen MR) is 69.9 cm³/mol. The minimum absolute atomic E-state index is 0.0442. The van der Waals surface area contributed by atoms with Crippen LogP contribution in [0.1, 0.15) is 26.7 Å². The van der Waals surface area contributed by atoms with Crippen molar-refractivity contribution in [3.8, 4) is 0 Å². The zero-order valence-electron chi connectivity index (χ0n) is 11.2. The molecule has 0 aromatic carbocycles. The number of hydrogen-bond donors (Lipinski definition) is 3. The number of rotatable bonds is 6. The molecule has 6 heteroatoms. The molecule has 0 bridgehead atoms. The van der Waals surface area contributed by atoms with E-state index in [1.807, 2.05) is 18.7 Å². The van der Waals surface area contributed by atoms with Gasteiger partial charge in [0.25, 0.3) is 0 Å². The molecule has 1 unspecified atom stereocenters. The van der Waals surface area contributed by atoms with Gasteiger partial charge in [-0.25, -0.2) is 0 Å². The minimum Gasteiger partial charge on any atom is -0.369 e. The lowest BCUT2D eigenvalue weighted by molar-refractivity contribution is -0.129. The van der Waals surface area contributed by atoms with E-state index in [1.54, 1.807) is 0 Å². The molecule has 1 atom stereocenters. The maximum absolute atomic E-state index is 11.9. The molecule has 1 saturated heterocycles. The number of piperidine rings is 1. The smallest absolute Gasteiger partial charge is 0.237 e. The topological polar surface area (TPSA) is 87.5 Å². The van der Waals surface area contributed by atoms with Crippen LogP contribution in [-0.4, -0.2) is 55.0 Å². The van der Waals surface area contributed by atoms with Gasteiger partial charge in [0.15, 0.2) is 0 Å². The molecule has 4 N–H and O–H groups in total. The van der Waals surface area contributed by atoms with Crippen molar-refractivity contribution in [2.45, 2.75) is 38.8 Å². The highest BCUT2D eigenvalue weighted by atomic mass is 16.2. The van der Waals surface area contributed by atoms with Crippen LogP contribution in [0.5, 0.6) is 0 Å². The van der Waals surface area contributed by atoms with Crippen molar-refractivity contribution in [3.05, 3.63) is 0 Å². The molecule has 1 aliphatic rings. The van der Waals surface area contributed by atoms with Crippen molar-refractivity contribution in [3.63, 3.8) is 0 Å². The van der Waals surface area contributed by atoms with Crippen molar-refractivity contribution >= 4 is 11.8 Å². The Morgan fingerprint density at radius 2 is 2.06 bits per heavy atom. The van der Waals surface area contributed by atoms with Gasteiger partial charge in [-0.2, -0.15) is 0 Å². The molecule has 0 saturated carbocycles. The van der Waals surface area contributed by atoms with Crippen molar-refractivity contribution < 1.29 is 9.59 Å². The van der Waals surface area contributed by atoms with Crippen molar-refractivity contribution in [2.75, 3.05) is 26.2 Å². The Labute approximate surface area is 108 Å². The summed E-state index contributed by atoms with van der Waals surface area (Å²) in [5.74, 6) is -0.429. The SMILES string of the molecule is CCNC(=O)C(C)N(CC(N)=O)C1CCNCC1. The Balaban J connectivity index is 2.69. The monoisotopic (exact) mass is 256 g/mol. The van der Waals surface area contributed by atoms with E-state index in [0.717, 1.165) is 25.9 Å². The van der Waals surface area contributed by atoms with E-state index in [9.17, 15) is 9.59 Å². The molecule has 104 valence electrons. The van der Waals surface area contributed by atoms with E-state index in [-0.39, 0.29) is 30.4 Å². The second kappa shape index (κ2) is 7.33. The molecule has 0 aromatic rings. The highest BCUT2D eigenvalue weighted by molar-refractivity contribution is 5.82. The van der Waals surface area contributed by atoms with E-state index in [4.69, 9.17) is 5.73 Å². The van der Waals surface area contributed by atoms with Crippen LogP contribution < -0.4 is 16.4 Å². The summed E-state index contributed by atoms with van der Waals surface area (Å²) in [6.45, 7) is 6.29. The first-order chi connectivity index (χ1) is 8.56. The molecule has 0 aliphatic carbocycles. The number of nitrogens with zero attached hydrogens (tertiary/aromatic N) is 1.